The van der Waals surface area contributed by atoms with Gasteiger partial charge in [0.25, 0.3) is 11.8 Å². The fraction of sp³-hybridized carbons (Fsp3) is 0.167. The molecule has 1 fully saturated rings. The molecule has 0 spiro atoms. The van der Waals surface area contributed by atoms with Gasteiger partial charge in [0.05, 0.1) is 11.4 Å². The molecule has 5 nitrogen and oxygen atoms in total. The minimum Gasteiger partial charge on any atom is -0.304 e. The van der Waals surface area contributed by atoms with Gasteiger partial charge < -0.3 is 4.90 Å². The van der Waals surface area contributed by atoms with Crippen LogP contribution < -0.4 is 9.80 Å². The highest BCUT2D eigenvalue weighted by Crippen LogP contribution is 2.47. The van der Waals surface area contributed by atoms with Gasteiger partial charge in [0, 0.05) is 4.90 Å². The summed E-state index contributed by atoms with van der Waals surface area (Å²) in [5.74, 6) is -0.442. The first-order valence-corrected chi connectivity index (χ1v) is 8.55. The maximum absolute atomic E-state index is 13.0. The molecular weight excluding hydrogens is 322 g/mol. The van der Waals surface area contributed by atoms with Crippen molar-refractivity contribution in [1.29, 1.82) is 0 Å². The number of hydrogen-bond acceptors (Lipinski definition) is 5. The number of para-hydroxylation sites is 1. The Morgan fingerprint density at radius 2 is 1.88 bits per heavy atom. The van der Waals surface area contributed by atoms with Crippen LogP contribution in [0.25, 0.3) is 0 Å². The van der Waals surface area contributed by atoms with Crippen molar-refractivity contribution in [1.82, 2.24) is 0 Å². The van der Waals surface area contributed by atoms with E-state index in [9.17, 15) is 9.59 Å². The Bertz CT molecular complexity index is 939. The van der Waals surface area contributed by atoms with E-state index in [2.05, 4.69) is 4.99 Å². The van der Waals surface area contributed by atoms with Crippen LogP contribution in [0.5, 0.6) is 0 Å². The lowest BCUT2D eigenvalue weighted by Crippen LogP contribution is -2.42. The van der Waals surface area contributed by atoms with Crippen LogP contribution >= 0.6 is 11.8 Å². The van der Waals surface area contributed by atoms with Crippen molar-refractivity contribution in [2.75, 3.05) is 9.80 Å². The van der Waals surface area contributed by atoms with Crippen LogP contribution in [-0.2, 0) is 9.59 Å². The summed E-state index contributed by atoms with van der Waals surface area (Å²) in [6.45, 7) is 1.94. The Labute approximate surface area is 143 Å². The summed E-state index contributed by atoms with van der Waals surface area (Å²) in [6.07, 6.45) is 0. The van der Waals surface area contributed by atoms with Gasteiger partial charge in [-0.1, -0.05) is 24.3 Å². The average Bonchev–Trinajstić information content (AvgIpc) is 3.16. The molecule has 0 aromatic heterocycles. The molecule has 0 bridgehead atoms. The van der Waals surface area contributed by atoms with E-state index in [1.165, 1.54) is 16.7 Å². The van der Waals surface area contributed by atoms with Gasteiger partial charge in [0.1, 0.15) is 6.04 Å². The fourth-order valence-electron chi connectivity index (χ4n) is 3.51. The van der Waals surface area contributed by atoms with Crippen molar-refractivity contribution in [2.24, 2.45) is 4.99 Å². The molecule has 0 unspecified atom stereocenters. The standard InChI is InChI=1S/C18H13N3O2S/c1-10-5-4-6-11(9-10)20-16(22)14-15(17(20)23)21-12-7-2-3-8-13(12)24-18(21)19-14/h2-9,14-15H,1H3/t14-,15+/m1/s1. The molecule has 118 valence electrons. The molecule has 2 atom stereocenters. The third-order valence-corrected chi connectivity index (χ3v) is 5.62. The van der Waals surface area contributed by atoms with E-state index in [0.717, 1.165) is 21.3 Å². The van der Waals surface area contributed by atoms with Crippen molar-refractivity contribution in [3.63, 3.8) is 0 Å². The fourth-order valence-corrected chi connectivity index (χ4v) is 4.60. The van der Waals surface area contributed by atoms with Gasteiger partial charge in [0.2, 0.25) is 0 Å². The Hall–Kier alpha value is -2.60. The molecule has 1 saturated heterocycles. The number of rotatable bonds is 1. The number of aliphatic imine (C=N–C) groups is 1. The molecule has 2 amide bonds. The first kappa shape index (κ1) is 13.8. The molecule has 6 heteroatoms. The second-order valence-electron chi connectivity index (χ2n) is 6.09. The lowest BCUT2D eigenvalue weighted by Gasteiger charge is -2.21. The summed E-state index contributed by atoms with van der Waals surface area (Å²) < 4.78 is 0. The van der Waals surface area contributed by atoms with Crippen LogP contribution in [-0.4, -0.2) is 29.1 Å². The van der Waals surface area contributed by atoms with Crippen LogP contribution in [0.15, 0.2) is 58.4 Å². The number of fused-ring (bicyclic) bond motifs is 5. The van der Waals surface area contributed by atoms with E-state index in [0.29, 0.717) is 5.69 Å². The van der Waals surface area contributed by atoms with Gasteiger partial charge in [-0.05, 0) is 48.5 Å². The predicted molar refractivity (Wildman–Crippen MR) is 93.5 cm³/mol. The minimum atomic E-state index is -0.645. The van der Waals surface area contributed by atoms with Crippen molar-refractivity contribution >= 4 is 40.1 Å². The minimum absolute atomic E-state index is 0.202. The number of benzene rings is 2. The van der Waals surface area contributed by atoms with Gasteiger partial charge in [-0.25, -0.2) is 9.89 Å². The van der Waals surface area contributed by atoms with Gasteiger partial charge in [0.15, 0.2) is 11.2 Å². The Kier molecular flexibility index (Phi) is 2.71. The van der Waals surface area contributed by atoms with E-state index in [-0.39, 0.29) is 11.8 Å². The van der Waals surface area contributed by atoms with E-state index >= 15 is 0 Å². The van der Waals surface area contributed by atoms with Gasteiger partial charge in [-0.2, -0.15) is 0 Å². The largest absolute Gasteiger partial charge is 0.304 e. The van der Waals surface area contributed by atoms with Crippen LogP contribution in [0.2, 0.25) is 0 Å². The summed E-state index contributed by atoms with van der Waals surface area (Å²) >= 11 is 1.52. The first-order chi connectivity index (χ1) is 11.6. The highest BCUT2D eigenvalue weighted by atomic mass is 32.2. The number of thioether (sulfide) groups is 1. The number of nitrogens with zero attached hydrogens (tertiary/aromatic N) is 3. The molecule has 0 N–H and O–H groups in total. The lowest BCUT2D eigenvalue weighted by atomic mass is 10.1. The maximum atomic E-state index is 13.0. The quantitative estimate of drug-likeness (QED) is 0.752. The SMILES string of the molecule is Cc1cccc(N2C(=O)[C@@H]3[C@@H](N=C4Sc5ccccc5N43)C2=O)c1. The zero-order valence-electron chi connectivity index (χ0n) is 12.8. The third kappa shape index (κ3) is 1.69. The van der Waals surface area contributed by atoms with E-state index in [1.54, 1.807) is 6.07 Å². The summed E-state index contributed by atoms with van der Waals surface area (Å²) in [5.41, 5.74) is 2.59. The molecule has 3 aliphatic rings. The highest BCUT2D eigenvalue weighted by molar-refractivity contribution is 8.14. The smallest absolute Gasteiger partial charge is 0.261 e. The van der Waals surface area contributed by atoms with E-state index < -0.39 is 12.1 Å². The zero-order chi connectivity index (χ0) is 16.4. The molecule has 3 aliphatic heterocycles. The van der Waals surface area contributed by atoms with Crippen molar-refractivity contribution in [2.45, 2.75) is 23.9 Å². The molecule has 0 saturated carbocycles. The van der Waals surface area contributed by atoms with Gasteiger partial charge >= 0.3 is 0 Å². The molecule has 0 radical (unpaired) electrons. The number of anilines is 2. The molecule has 0 aliphatic carbocycles. The van der Waals surface area contributed by atoms with Crippen LogP contribution in [0.1, 0.15) is 5.56 Å². The summed E-state index contributed by atoms with van der Waals surface area (Å²) in [5, 5.41) is 0.747. The number of amides is 2. The zero-order valence-corrected chi connectivity index (χ0v) is 13.7. The van der Waals surface area contributed by atoms with Crippen LogP contribution in [0.3, 0.4) is 0 Å². The number of imide groups is 1. The topological polar surface area (TPSA) is 53.0 Å². The normalized spacial score (nSPS) is 24.1. The molecule has 3 heterocycles. The number of amidine groups is 1. The third-order valence-electron chi connectivity index (χ3n) is 4.57. The Balaban J connectivity index is 1.59. The lowest BCUT2D eigenvalue weighted by molar-refractivity contribution is -0.121. The molecule has 5 rings (SSSR count). The van der Waals surface area contributed by atoms with Gasteiger partial charge in [-0.15, -0.1) is 0 Å². The summed E-state index contributed by atoms with van der Waals surface area (Å²) in [4.78, 5) is 34.7. The maximum Gasteiger partial charge on any atom is 0.261 e. The van der Waals surface area contributed by atoms with E-state index in [1.807, 2.05) is 54.3 Å². The van der Waals surface area contributed by atoms with Crippen molar-refractivity contribution in [3.8, 4) is 0 Å². The second kappa shape index (κ2) is 4.70. The predicted octanol–water partition coefficient (Wildman–Crippen LogP) is 2.59. The Morgan fingerprint density at radius 1 is 1.04 bits per heavy atom. The van der Waals surface area contributed by atoms with Crippen LogP contribution in [0, 0.1) is 6.92 Å². The first-order valence-electron chi connectivity index (χ1n) is 7.73. The number of carbonyl (C=O) groups is 2. The summed E-state index contributed by atoms with van der Waals surface area (Å²) in [6, 6.07) is 14.1. The average molecular weight is 335 g/mol. The highest BCUT2D eigenvalue weighted by Gasteiger charge is 2.57. The van der Waals surface area contributed by atoms with Crippen molar-refractivity contribution < 1.29 is 9.59 Å². The number of aryl methyl sites for hydroxylation is 1. The molecular formula is C18H13N3O2S. The molecule has 2 aromatic rings. The number of hydrogen-bond donors (Lipinski definition) is 0. The van der Waals surface area contributed by atoms with Gasteiger partial charge in [-0.3, -0.25) is 9.59 Å². The summed E-state index contributed by atoms with van der Waals surface area (Å²) in [7, 11) is 0. The monoisotopic (exact) mass is 335 g/mol. The molecule has 2 aromatic carbocycles. The number of carbonyl (C=O) groups excluding carboxylic acids is 2. The molecule has 24 heavy (non-hydrogen) atoms. The van der Waals surface area contributed by atoms with Crippen molar-refractivity contribution in [3.05, 3.63) is 54.1 Å². The Morgan fingerprint density at radius 3 is 2.71 bits per heavy atom. The second-order valence-corrected chi connectivity index (χ2v) is 7.10. The van der Waals surface area contributed by atoms with Crippen LogP contribution in [0.4, 0.5) is 11.4 Å². The van der Waals surface area contributed by atoms with E-state index in [4.69, 9.17) is 0 Å².